The van der Waals surface area contributed by atoms with E-state index in [1.54, 1.807) is 42.9 Å². The van der Waals surface area contributed by atoms with Gasteiger partial charge in [-0.05, 0) is 41.5 Å². The zero-order valence-corrected chi connectivity index (χ0v) is 14.5. The van der Waals surface area contributed by atoms with Crippen LogP contribution < -0.4 is 5.43 Å². The average Bonchev–Trinajstić information content (AvgIpc) is 3.11. The number of fused-ring (bicyclic) bond motifs is 1. The standard InChI is InChI=1S/C21H17N5O/c27-21(26-23-14-16-8-10-22-11-9-16)17-6-7-18-19(13-17)25-20(24-18)12-15-4-2-1-3-5-15/h1-11,13-14H,12H2,(H,24,25)(H,26,27)/b23-14-. The molecule has 2 aromatic carbocycles. The number of rotatable bonds is 5. The van der Waals surface area contributed by atoms with Crippen LogP contribution in [-0.4, -0.2) is 27.1 Å². The Hall–Kier alpha value is -3.80. The number of imidazole rings is 1. The highest BCUT2D eigenvalue weighted by Crippen LogP contribution is 2.16. The van der Waals surface area contributed by atoms with Crippen LogP contribution in [0.4, 0.5) is 0 Å². The number of hydrogen-bond donors (Lipinski definition) is 2. The van der Waals surface area contributed by atoms with Gasteiger partial charge in [-0.15, -0.1) is 0 Å². The second-order valence-electron chi connectivity index (χ2n) is 6.06. The van der Waals surface area contributed by atoms with Gasteiger partial charge in [0, 0.05) is 24.4 Å². The van der Waals surface area contributed by atoms with Crippen molar-refractivity contribution in [3.8, 4) is 0 Å². The topological polar surface area (TPSA) is 83.0 Å². The summed E-state index contributed by atoms with van der Waals surface area (Å²) in [6, 6.07) is 19.1. The normalized spacial score (nSPS) is 11.1. The smallest absolute Gasteiger partial charge is 0.271 e. The van der Waals surface area contributed by atoms with Gasteiger partial charge in [-0.3, -0.25) is 9.78 Å². The third-order valence-corrected chi connectivity index (χ3v) is 4.09. The molecule has 0 radical (unpaired) electrons. The summed E-state index contributed by atoms with van der Waals surface area (Å²) in [6.07, 6.45) is 5.63. The third-order valence-electron chi connectivity index (χ3n) is 4.09. The number of hydrogen-bond acceptors (Lipinski definition) is 4. The number of nitrogens with zero attached hydrogens (tertiary/aromatic N) is 3. The minimum atomic E-state index is -0.276. The number of aromatic amines is 1. The van der Waals surface area contributed by atoms with Crippen molar-refractivity contribution < 1.29 is 4.79 Å². The molecule has 1 amide bonds. The highest BCUT2D eigenvalue weighted by atomic mass is 16.2. The van der Waals surface area contributed by atoms with Crippen LogP contribution in [0.15, 0.2) is 78.2 Å². The summed E-state index contributed by atoms with van der Waals surface area (Å²) in [5, 5.41) is 3.98. The van der Waals surface area contributed by atoms with Crippen LogP contribution in [0, 0.1) is 0 Å². The molecule has 0 saturated carbocycles. The van der Waals surface area contributed by atoms with Crippen molar-refractivity contribution in [2.24, 2.45) is 5.10 Å². The molecule has 6 heteroatoms. The van der Waals surface area contributed by atoms with Crippen molar-refractivity contribution in [1.29, 1.82) is 0 Å². The summed E-state index contributed by atoms with van der Waals surface area (Å²) in [6.45, 7) is 0. The molecule has 0 bridgehead atoms. The molecule has 0 fully saturated rings. The van der Waals surface area contributed by atoms with Gasteiger partial charge in [-0.2, -0.15) is 5.10 Å². The highest BCUT2D eigenvalue weighted by molar-refractivity contribution is 5.97. The lowest BCUT2D eigenvalue weighted by Gasteiger charge is -1.99. The van der Waals surface area contributed by atoms with Crippen molar-refractivity contribution in [3.05, 3.63) is 95.6 Å². The molecule has 0 aliphatic carbocycles. The maximum Gasteiger partial charge on any atom is 0.271 e. The first-order valence-electron chi connectivity index (χ1n) is 8.54. The Balaban J connectivity index is 1.47. The Morgan fingerprint density at radius 1 is 1.07 bits per heavy atom. The van der Waals surface area contributed by atoms with Gasteiger partial charge in [-0.25, -0.2) is 10.4 Å². The van der Waals surface area contributed by atoms with E-state index in [1.165, 1.54) is 5.56 Å². The fraction of sp³-hybridized carbons (Fsp3) is 0.0476. The number of pyridine rings is 1. The first-order valence-corrected chi connectivity index (χ1v) is 8.54. The zero-order chi connectivity index (χ0) is 18.5. The van der Waals surface area contributed by atoms with E-state index in [0.29, 0.717) is 12.0 Å². The van der Waals surface area contributed by atoms with E-state index < -0.39 is 0 Å². The van der Waals surface area contributed by atoms with E-state index in [2.05, 4.69) is 37.6 Å². The summed E-state index contributed by atoms with van der Waals surface area (Å²) >= 11 is 0. The molecule has 4 aromatic rings. The SMILES string of the molecule is O=C(N/N=C\c1ccncc1)c1ccc2nc(Cc3ccccc3)[nH]c2c1. The van der Waals surface area contributed by atoms with E-state index >= 15 is 0 Å². The van der Waals surface area contributed by atoms with Crippen LogP contribution in [0.3, 0.4) is 0 Å². The maximum absolute atomic E-state index is 12.3. The Kier molecular flexibility index (Phi) is 4.70. The van der Waals surface area contributed by atoms with E-state index in [4.69, 9.17) is 0 Å². The zero-order valence-electron chi connectivity index (χ0n) is 14.5. The molecule has 132 valence electrons. The summed E-state index contributed by atoms with van der Waals surface area (Å²) in [5.74, 6) is 0.589. The largest absolute Gasteiger partial charge is 0.342 e. The molecule has 2 aromatic heterocycles. The second-order valence-corrected chi connectivity index (χ2v) is 6.06. The molecule has 27 heavy (non-hydrogen) atoms. The fourth-order valence-electron chi connectivity index (χ4n) is 2.76. The Bertz CT molecular complexity index is 1090. The molecule has 6 nitrogen and oxygen atoms in total. The van der Waals surface area contributed by atoms with Gasteiger partial charge in [0.25, 0.3) is 5.91 Å². The number of carbonyl (C=O) groups excluding carboxylic acids is 1. The monoisotopic (exact) mass is 355 g/mol. The average molecular weight is 355 g/mol. The first kappa shape index (κ1) is 16.7. The number of H-pyrrole nitrogens is 1. The van der Waals surface area contributed by atoms with Gasteiger partial charge in [0.15, 0.2) is 0 Å². The van der Waals surface area contributed by atoms with E-state index in [1.807, 2.05) is 24.3 Å². The minimum Gasteiger partial charge on any atom is -0.342 e. The first-order chi connectivity index (χ1) is 13.3. The predicted octanol–water partition coefficient (Wildman–Crippen LogP) is 3.31. The van der Waals surface area contributed by atoms with Gasteiger partial charge < -0.3 is 4.98 Å². The van der Waals surface area contributed by atoms with E-state index in [-0.39, 0.29) is 5.91 Å². The van der Waals surface area contributed by atoms with Gasteiger partial charge in [0.1, 0.15) is 5.82 Å². The predicted molar refractivity (Wildman–Crippen MR) is 105 cm³/mol. The molecule has 0 spiro atoms. The molecule has 0 aliphatic rings. The van der Waals surface area contributed by atoms with Crippen LogP contribution >= 0.6 is 0 Å². The third kappa shape index (κ3) is 4.07. The van der Waals surface area contributed by atoms with Crippen molar-refractivity contribution in [2.45, 2.75) is 6.42 Å². The lowest BCUT2D eigenvalue weighted by Crippen LogP contribution is -2.17. The van der Waals surface area contributed by atoms with Crippen LogP contribution in [-0.2, 0) is 6.42 Å². The number of carbonyl (C=O) groups is 1. The van der Waals surface area contributed by atoms with Crippen molar-refractivity contribution in [1.82, 2.24) is 20.4 Å². The van der Waals surface area contributed by atoms with E-state index in [0.717, 1.165) is 22.4 Å². The number of hydrazone groups is 1. The summed E-state index contributed by atoms with van der Waals surface area (Å²) < 4.78 is 0. The van der Waals surface area contributed by atoms with Crippen molar-refractivity contribution >= 4 is 23.2 Å². The van der Waals surface area contributed by atoms with E-state index in [9.17, 15) is 4.79 Å². The number of amides is 1. The van der Waals surface area contributed by atoms with Gasteiger partial charge >= 0.3 is 0 Å². The molecule has 0 aliphatic heterocycles. The van der Waals surface area contributed by atoms with Crippen LogP contribution in [0.1, 0.15) is 27.3 Å². The van der Waals surface area contributed by atoms with Gasteiger partial charge in [0.05, 0.1) is 17.2 Å². The van der Waals surface area contributed by atoms with Crippen molar-refractivity contribution in [2.75, 3.05) is 0 Å². The molecule has 2 N–H and O–H groups in total. The lowest BCUT2D eigenvalue weighted by atomic mass is 10.1. The van der Waals surface area contributed by atoms with Gasteiger partial charge in [0.2, 0.25) is 0 Å². The Morgan fingerprint density at radius 3 is 2.70 bits per heavy atom. The quantitative estimate of drug-likeness (QED) is 0.425. The molecule has 2 heterocycles. The molecule has 0 saturated heterocycles. The maximum atomic E-state index is 12.3. The van der Waals surface area contributed by atoms with Crippen LogP contribution in [0.2, 0.25) is 0 Å². The minimum absolute atomic E-state index is 0.276. The molecular formula is C21H17N5O. The molecule has 4 rings (SSSR count). The molecular weight excluding hydrogens is 338 g/mol. The fourth-order valence-corrected chi connectivity index (χ4v) is 2.76. The van der Waals surface area contributed by atoms with Crippen LogP contribution in [0.25, 0.3) is 11.0 Å². The molecule has 0 unspecified atom stereocenters. The Labute approximate surface area is 156 Å². The molecule has 0 atom stereocenters. The number of aromatic nitrogens is 3. The lowest BCUT2D eigenvalue weighted by molar-refractivity contribution is 0.0955. The summed E-state index contributed by atoms with van der Waals surface area (Å²) in [7, 11) is 0. The number of benzene rings is 2. The van der Waals surface area contributed by atoms with Crippen molar-refractivity contribution in [3.63, 3.8) is 0 Å². The Morgan fingerprint density at radius 2 is 1.89 bits per heavy atom. The number of nitrogens with one attached hydrogen (secondary N) is 2. The highest BCUT2D eigenvalue weighted by Gasteiger charge is 2.09. The van der Waals surface area contributed by atoms with Crippen LogP contribution in [0.5, 0.6) is 0 Å². The second kappa shape index (κ2) is 7.61. The summed E-state index contributed by atoms with van der Waals surface area (Å²) in [4.78, 5) is 24.1. The summed E-state index contributed by atoms with van der Waals surface area (Å²) in [5.41, 5.74) is 6.75. The van der Waals surface area contributed by atoms with Gasteiger partial charge in [-0.1, -0.05) is 30.3 Å².